The van der Waals surface area contributed by atoms with Crippen LogP contribution in [0.5, 0.6) is 5.75 Å². The Labute approximate surface area is 112 Å². The van der Waals surface area contributed by atoms with Crippen LogP contribution in [0.1, 0.15) is 50.5 Å². The fraction of sp³-hybridized carbons (Fsp3) is 0.600. The van der Waals surface area contributed by atoms with E-state index in [1.54, 1.807) is 0 Å². The van der Waals surface area contributed by atoms with E-state index in [1.165, 1.54) is 44.2 Å². The largest absolute Gasteiger partial charge is 0.503 e. The summed E-state index contributed by atoms with van der Waals surface area (Å²) in [6.07, 6.45) is 8.57. The molecular weight excluding hydrogens is 248 g/mol. The van der Waals surface area contributed by atoms with Crippen LogP contribution in [0.3, 0.4) is 0 Å². The molecule has 0 atom stereocenters. The number of hydrogen-bond acceptors (Lipinski definition) is 2. The third kappa shape index (κ3) is 4.16. The standard InChI is InChI=1S/C15H21F2NO/c16-13-8-11(9-14(17)15(13)19)10-18-12-6-4-2-1-3-5-7-12/h8-9,12,18-19H,1-7,10H2. The number of rotatable bonds is 3. The minimum absolute atomic E-state index is 0.431. The average molecular weight is 269 g/mol. The molecule has 19 heavy (non-hydrogen) atoms. The summed E-state index contributed by atoms with van der Waals surface area (Å²) in [5, 5.41) is 12.4. The van der Waals surface area contributed by atoms with Crippen LogP contribution in [0.25, 0.3) is 0 Å². The molecule has 0 aliphatic heterocycles. The highest BCUT2D eigenvalue weighted by Gasteiger charge is 2.13. The summed E-state index contributed by atoms with van der Waals surface area (Å²) in [6, 6.07) is 2.81. The van der Waals surface area contributed by atoms with Crippen LogP contribution in [0.2, 0.25) is 0 Å². The maximum Gasteiger partial charge on any atom is 0.187 e. The quantitative estimate of drug-likeness (QED) is 0.873. The number of phenolic OH excluding ortho intramolecular Hbond substituents is 1. The van der Waals surface area contributed by atoms with Gasteiger partial charge in [0.05, 0.1) is 0 Å². The van der Waals surface area contributed by atoms with Gasteiger partial charge in [-0.15, -0.1) is 0 Å². The van der Waals surface area contributed by atoms with Crippen LogP contribution in [0.4, 0.5) is 8.78 Å². The summed E-state index contributed by atoms with van der Waals surface area (Å²) in [4.78, 5) is 0. The SMILES string of the molecule is Oc1c(F)cc(CNC2CCCCCCC2)cc1F. The lowest BCUT2D eigenvalue weighted by Gasteiger charge is -2.21. The normalized spacial score (nSPS) is 18.0. The van der Waals surface area contributed by atoms with E-state index in [4.69, 9.17) is 5.11 Å². The number of aromatic hydroxyl groups is 1. The van der Waals surface area contributed by atoms with Gasteiger partial charge in [0.1, 0.15) is 0 Å². The van der Waals surface area contributed by atoms with Crippen molar-refractivity contribution in [3.63, 3.8) is 0 Å². The summed E-state index contributed by atoms with van der Waals surface area (Å²) < 4.78 is 26.4. The van der Waals surface area contributed by atoms with Gasteiger partial charge in [-0.3, -0.25) is 0 Å². The van der Waals surface area contributed by atoms with E-state index >= 15 is 0 Å². The Kier molecular flexibility index (Phi) is 5.14. The molecule has 1 saturated carbocycles. The molecule has 0 spiro atoms. The molecular formula is C15H21F2NO. The molecule has 2 N–H and O–H groups in total. The second-order valence-corrected chi connectivity index (χ2v) is 5.33. The molecule has 2 rings (SSSR count). The molecule has 4 heteroatoms. The van der Waals surface area contributed by atoms with Gasteiger partial charge in [0.15, 0.2) is 17.4 Å². The topological polar surface area (TPSA) is 32.3 Å². The molecule has 0 heterocycles. The van der Waals surface area contributed by atoms with Crippen LogP contribution < -0.4 is 5.32 Å². The second kappa shape index (κ2) is 6.85. The van der Waals surface area contributed by atoms with Crippen LogP contribution in [-0.2, 0) is 6.54 Å². The van der Waals surface area contributed by atoms with E-state index in [0.717, 1.165) is 12.8 Å². The van der Waals surface area contributed by atoms with Crippen molar-refractivity contribution < 1.29 is 13.9 Å². The van der Waals surface area contributed by atoms with Gasteiger partial charge in [0.2, 0.25) is 0 Å². The van der Waals surface area contributed by atoms with E-state index < -0.39 is 17.4 Å². The first kappa shape index (κ1) is 14.3. The lowest BCUT2D eigenvalue weighted by atomic mass is 9.96. The Balaban J connectivity index is 1.90. The van der Waals surface area contributed by atoms with Crippen LogP contribution in [0, 0.1) is 11.6 Å². The van der Waals surface area contributed by atoms with Crippen molar-refractivity contribution in [2.24, 2.45) is 0 Å². The fourth-order valence-electron chi connectivity index (χ4n) is 2.64. The summed E-state index contributed by atoms with van der Waals surface area (Å²) >= 11 is 0. The molecule has 0 unspecified atom stereocenters. The highest BCUT2D eigenvalue weighted by molar-refractivity contribution is 5.29. The van der Waals surface area contributed by atoms with Crippen molar-refractivity contribution in [3.8, 4) is 5.75 Å². The third-order valence-corrected chi connectivity index (χ3v) is 3.78. The monoisotopic (exact) mass is 269 g/mol. The summed E-state index contributed by atoms with van der Waals surface area (Å²) in [7, 11) is 0. The fourth-order valence-corrected chi connectivity index (χ4v) is 2.64. The lowest BCUT2D eigenvalue weighted by molar-refractivity contribution is 0.383. The van der Waals surface area contributed by atoms with Crippen molar-refractivity contribution >= 4 is 0 Å². The zero-order chi connectivity index (χ0) is 13.7. The number of halogens is 2. The summed E-state index contributed by atoms with van der Waals surface area (Å²) in [6.45, 7) is 0.443. The minimum Gasteiger partial charge on any atom is -0.503 e. The lowest BCUT2D eigenvalue weighted by Crippen LogP contribution is -2.29. The minimum atomic E-state index is -0.894. The van der Waals surface area contributed by atoms with Crippen molar-refractivity contribution in [3.05, 3.63) is 29.3 Å². The van der Waals surface area contributed by atoms with E-state index in [2.05, 4.69) is 5.32 Å². The van der Waals surface area contributed by atoms with Crippen LogP contribution in [0.15, 0.2) is 12.1 Å². The van der Waals surface area contributed by atoms with Gasteiger partial charge in [0, 0.05) is 12.6 Å². The highest BCUT2D eigenvalue weighted by atomic mass is 19.1. The van der Waals surface area contributed by atoms with Crippen molar-refractivity contribution in [2.45, 2.75) is 57.5 Å². The average Bonchev–Trinajstić information content (AvgIpc) is 2.34. The number of hydrogen-bond donors (Lipinski definition) is 2. The summed E-state index contributed by atoms with van der Waals surface area (Å²) in [5.41, 5.74) is 0.537. The predicted molar refractivity (Wildman–Crippen MR) is 71.0 cm³/mol. The molecule has 0 bridgehead atoms. The predicted octanol–water partition coefficient (Wildman–Crippen LogP) is 3.87. The van der Waals surface area contributed by atoms with Gasteiger partial charge in [-0.2, -0.15) is 0 Å². The number of phenols is 1. The zero-order valence-electron chi connectivity index (χ0n) is 11.1. The van der Waals surface area contributed by atoms with Gasteiger partial charge in [-0.1, -0.05) is 32.1 Å². The molecule has 1 aliphatic carbocycles. The first-order valence-electron chi connectivity index (χ1n) is 7.07. The maximum atomic E-state index is 13.2. The Hall–Kier alpha value is -1.16. The highest BCUT2D eigenvalue weighted by Crippen LogP contribution is 2.22. The second-order valence-electron chi connectivity index (χ2n) is 5.33. The van der Waals surface area contributed by atoms with Gasteiger partial charge < -0.3 is 10.4 Å². The Morgan fingerprint density at radius 3 is 2.11 bits per heavy atom. The Bertz CT molecular complexity index is 392. The molecule has 0 saturated heterocycles. The molecule has 0 radical (unpaired) electrons. The molecule has 0 amide bonds. The Morgan fingerprint density at radius 1 is 1.00 bits per heavy atom. The van der Waals surface area contributed by atoms with Gasteiger partial charge >= 0.3 is 0 Å². The van der Waals surface area contributed by atoms with Crippen molar-refractivity contribution in [2.75, 3.05) is 0 Å². The first-order chi connectivity index (χ1) is 9.16. The van der Waals surface area contributed by atoms with Gasteiger partial charge in [-0.25, -0.2) is 8.78 Å². The molecule has 1 aromatic carbocycles. The molecule has 2 nitrogen and oxygen atoms in total. The van der Waals surface area contributed by atoms with Gasteiger partial charge in [-0.05, 0) is 30.5 Å². The zero-order valence-corrected chi connectivity index (χ0v) is 11.1. The van der Waals surface area contributed by atoms with Crippen molar-refractivity contribution in [1.29, 1.82) is 0 Å². The third-order valence-electron chi connectivity index (χ3n) is 3.78. The van der Waals surface area contributed by atoms with E-state index in [0.29, 0.717) is 18.2 Å². The maximum absolute atomic E-state index is 13.2. The molecule has 106 valence electrons. The Morgan fingerprint density at radius 2 is 1.53 bits per heavy atom. The van der Waals surface area contributed by atoms with E-state index in [1.807, 2.05) is 0 Å². The van der Waals surface area contributed by atoms with Crippen LogP contribution >= 0.6 is 0 Å². The van der Waals surface area contributed by atoms with Crippen molar-refractivity contribution in [1.82, 2.24) is 5.32 Å². The molecule has 0 aromatic heterocycles. The molecule has 1 fully saturated rings. The van der Waals surface area contributed by atoms with E-state index in [9.17, 15) is 8.78 Å². The molecule has 1 aromatic rings. The number of nitrogens with one attached hydrogen (secondary N) is 1. The number of benzene rings is 1. The smallest absolute Gasteiger partial charge is 0.187 e. The summed E-state index contributed by atoms with van der Waals surface area (Å²) in [5.74, 6) is -2.68. The first-order valence-corrected chi connectivity index (χ1v) is 7.07. The molecule has 1 aliphatic rings. The van der Waals surface area contributed by atoms with E-state index in [-0.39, 0.29) is 0 Å². The van der Waals surface area contributed by atoms with Gasteiger partial charge in [0.25, 0.3) is 0 Å². The van der Waals surface area contributed by atoms with Crippen LogP contribution in [-0.4, -0.2) is 11.1 Å².